The summed E-state index contributed by atoms with van der Waals surface area (Å²) < 4.78 is 5.26. The first-order chi connectivity index (χ1) is 12.3. The van der Waals surface area contributed by atoms with Gasteiger partial charge in [-0.05, 0) is 36.0 Å². The van der Waals surface area contributed by atoms with Gasteiger partial charge in [-0.1, -0.05) is 32.1 Å². The molecule has 0 bridgehead atoms. The minimum Gasteiger partial charge on any atom is -0.442 e. The van der Waals surface area contributed by atoms with Crippen molar-refractivity contribution in [3.63, 3.8) is 0 Å². The average molecular weight is 340 g/mol. The van der Waals surface area contributed by atoms with Crippen LogP contribution >= 0.6 is 0 Å². The van der Waals surface area contributed by atoms with Crippen molar-refractivity contribution < 1.29 is 9.21 Å². The highest BCUT2D eigenvalue weighted by atomic mass is 16.3. The third-order valence-electron chi connectivity index (χ3n) is 5.37. The number of aromatic nitrogens is 2. The predicted molar refractivity (Wildman–Crippen MR) is 93.6 cm³/mol. The fourth-order valence-corrected chi connectivity index (χ4v) is 3.93. The number of carbonyl (C=O) groups excluding carboxylic acids is 1. The van der Waals surface area contributed by atoms with Crippen molar-refractivity contribution in [2.45, 2.75) is 51.1 Å². The van der Waals surface area contributed by atoms with Crippen molar-refractivity contribution >= 4 is 6.03 Å². The molecule has 25 heavy (non-hydrogen) atoms. The Hall–Kier alpha value is -2.37. The number of nitrogens with one attached hydrogen (secondary N) is 2. The van der Waals surface area contributed by atoms with Gasteiger partial charge in [0.2, 0.25) is 0 Å². The van der Waals surface area contributed by atoms with E-state index in [2.05, 4.69) is 20.6 Å². The highest BCUT2D eigenvalue weighted by molar-refractivity contribution is 5.74. The molecule has 2 aliphatic carbocycles. The Morgan fingerprint density at radius 3 is 2.96 bits per heavy atom. The highest BCUT2D eigenvalue weighted by Crippen LogP contribution is 2.44. The molecular weight excluding hydrogens is 316 g/mol. The van der Waals surface area contributed by atoms with Crippen LogP contribution in [0.4, 0.5) is 4.79 Å². The molecule has 2 atom stereocenters. The smallest absolute Gasteiger partial charge is 0.315 e. The van der Waals surface area contributed by atoms with Gasteiger partial charge in [-0.25, -0.2) is 9.78 Å². The normalized spacial score (nSPS) is 23.2. The molecule has 2 aromatic heterocycles. The van der Waals surface area contributed by atoms with E-state index in [0.717, 1.165) is 23.6 Å². The van der Waals surface area contributed by atoms with E-state index in [1.165, 1.54) is 38.5 Å². The number of rotatable bonds is 5. The summed E-state index contributed by atoms with van der Waals surface area (Å²) in [7, 11) is 0. The van der Waals surface area contributed by atoms with Crippen molar-refractivity contribution in [3.8, 4) is 11.5 Å². The van der Waals surface area contributed by atoms with E-state index in [9.17, 15) is 4.79 Å². The summed E-state index contributed by atoms with van der Waals surface area (Å²) in [6.45, 7) is 0.469. The van der Waals surface area contributed by atoms with Crippen LogP contribution in [-0.2, 0) is 6.54 Å². The van der Waals surface area contributed by atoms with Crippen LogP contribution in [0.5, 0.6) is 0 Å². The van der Waals surface area contributed by atoms with Gasteiger partial charge in [-0.15, -0.1) is 0 Å². The Labute approximate surface area is 147 Å². The topological polar surface area (TPSA) is 80.1 Å². The predicted octanol–water partition coefficient (Wildman–Crippen LogP) is 3.50. The Balaban J connectivity index is 1.25. The zero-order valence-corrected chi connectivity index (χ0v) is 14.3. The van der Waals surface area contributed by atoms with Gasteiger partial charge in [0.05, 0.1) is 6.20 Å². The van der Waals surface area contributed by atoms with Crippen LogP contribution in [0.25, 0.3) is 11.5 Å². The molecule has 0 saturated heterocycles. The van der Waals surface area contributed by atoms with E-state index in [4.69, 9.17) is 4.42 Å². The molecule has 2 N–H and O–H groups in total. The summed E-state index contributed by atoms with van der Waals surface area (Å²) in [6.07, 6.45) is 12.6. The monoisotopic (exact) mass is 340 g/mol. The number of carbonyl (C=O) groups is 1. The lowest BCUT2D eigenvalue weighted by Crippen LogP contribution is -2.37. The molecular formula is C19H24N4O2. The minimum atomic E-state index is -0.0821. The molecule has 2 fully saturated rings. The van der Waals surface area contributed by atoms with E-state index in [1.54, 1.807) is 12.4 Å². The molecule has 4 rings (SSSR count). The number of hydrogen-bond donors (Lipinski definition) is 2. The first-order valence-corrected chi connectivity index (χ1v) is 9.18. The molecule has 0 spiro atoms. The van der Waals surface area contributed by atoms with Gasteiger partial charge in [-0.3, -0.25) is 4.98 Å². The van der Waals surface area contributed by atoms with E-state index in [1.807, 2.05) is 12.1 Å². The number of hydrogen-bond acceptors (Lipinski definition) is 4. The Bertz CT molecular complexity index is 710. The molecule has 2 heterocycles. The molecule has 0 radical (unpaired) electrons. The Morgan fingerprint density at radius 2 is 2.16 bits per heavy atom. The zero-order chi connectivity index (χ0) is 17.1. The van der Waals surface area contributed by atoms with Crippen molar-refractivity contribution in [1.29, 1.82) is 0 Å². The lowest BCUT2D eigenvalue weighted by Gasteiger charge is -2.21. The Morgan fingerprint density at radius 1 is 1.28 bits per heavy atom. The molecule has 2 amide bonds. The van der Waals surface area contributed by atoms with E-state index >= 15 is 0 Å². The Kier molecular flexibility index (Phi) is 4.68. The largest absolute Gasteiger partial charge is 0.442 e. The van der Waals surface area contributed by atoms with Crippen LogP contribution in [-0.4, -0.2) is 22.0 Å². The van der Waals surface area contributed by atoms with Gasteiger partial charge in [0, 0.05) is 18.8 Å². The van der Waals surface area contributed by atoms with Crippen LogP contribution < -0.4 is 10.6 Å². The van der Waals surface area contributed by atoms with Gasteiger partial charge < -0.3 is 15.1 Å². The molecule has 6 nitrogen and oxygen atoms in total. The number of oxazole rings is 1. The second-order valence-corrected chi connectivity index (χ2v) is 7.15. The SMILES string of the molecule is O=C(NCc1ccnc(-c2cnco2)c1)NC1CC1C1CCCCC1. The van der Waals surface area contributed by atoms with Gasteiger partial charge in [0.15, 0.2) is 12.2 Å². The summed E-state index contributed by atoms with van der Waals surface area (Å²) in [6, 6.07) is 4.08. The summed E-state index contributed by atoms with van der Waals surface area (Å²) in [4.78, 5) is 20.3. The van der Waals surface area contributed by atoms with Gasteiger partial charge in [0.25, 0.3) is 0 Å². The first kappa shape index (κ1) is 16.1. The van der Waals surface area contributed by atoms with Crippen LogP contribution in [0.2, 0.25) is 0 Å². The molecule has 0 aromatic carbocycles. The molecule has 132 valence electrons. The van der Waals surface area contributed by atoms with Crippen molar-refractivity contribution in [2.24, 2.45) is 11.8 Å². The lowest BCUT2D eigenvalue weighted by molar-refractivity contribution is 0.238. The van der Waals surface area contributed by atoms with Gasteiger partial charge >= 0.3 is 6.03 Å². The number of amides is 2. The quantitative estimate of drug-likeness (QED) is 0.873. The first-order valence-electron chi connectivity index (χ1n) is 9.18. The summed E-state index contributed by atoms with van der Waals surface area (Å²) in [5.74, 6) is 2.15. The average Bonchev–Trinajstić information content (AvgIpc) is 3.19. The standard InChI is InChI=1S/C19H24N4O2/c24-19(23-16-9-15(16)14-4-2-1-3-5-14)22-10-13-6-7-21-17(8-13)18-11-20-12-25-18/h6-8,11-12,14-16H,1-5,9-10H2,(H2,22,23,24). The molecule has 2 unspecified atom stereocenters. The number of pyridine rings is 1. The molecule has 2 saturated carbocycles. The van der Waals surface area contributed by atoms with Crippen LogP contribution in [0.3, 0.4) is 0 Å². The van der Waals surface area contributed by atoms with E-state index in [0.29, 0.717) is 24.3 Å². The molecule has 6 heteroatoms. The van der Waals surface area contributed by atoms with Gasteiger partial charge in [0.1, 0.15) is 5.69 Å². The lowest BCUT2D eigenvalue weighted by atomic mass is 9.85. The van der Waals surface area contributed by atoms with Crippen molar-refractivity contribution in [2.75, 3.05) is 0 Å². The second kappa shape index (κ2) is 7.25. The third-order valence-corrected chi connectivity index (χ3v) is 5.37. The van der Waals surface area contributed by atoms with E-state index in [-0.39, 0.29) is 6.03 Å². The van der Waals surface area contributed by atoms with Gasteiger partial charge in [-0.2, -0.15) is 0 Å². The maximum atomic E-state index is 12.1. The fourth-order valence-electron chi connectivity index (χ4n) is 3.93. The van der Waals surface area contributed by atoms with E-state index < -0.39 is 0 Å². The maximum absolute atomic E-state index is 12.1. The number of nitrogens with zero attached hydrogens (tertiary/aromatic N) is 2. The number of urea groups is 1. The van der Waals surface area contributed by atoms with Crippen LogP contribution in [0, 0.1) is 11.8 Å². The van der Waals surface area contributed by atoms with Crippen LogP contribution in [0.1, 0.15) is 44.1 Å². The third kappa shape index (κ3) is 4.00. The van der Waals surface area contributed by atoms with Crippen LogP contribution in [0.15, 0.2) is 35.3 Å². The fraction of sp³-hybridized carbons (Fsp3) is 0.526. The van der Waals surface area contributed by atoms with Crippen molar-refractivity contribution in [1.82, 2.24) is 20.6 Å². The summed E-state index contributed by atoms with van der Waals surface area (Å²) in [5.41, 5.74) is 1.70. The second-order valence-electron chi connectivity index (χ2n) is 7.15. The highest BCUT2D eigenvalue weighted by Gasteiger charge is 2.43. The van der Waals surface area contributed by atoms with Crippen molar-refractivity contribution in [3.05, 3.63) is 36.5 Å². The maximum Gasteiger partial charge on any atom is 0.315 e. The molecule has 2 aromatic rings. The summed E-state index contributed by atoms with van der Waals surface area (Å²) in [5, 5.41) is 6.06. The zero-order valence-electron chi connectivity index (χ0n) is 14.3. The summed E-state index contributed by atoms with van der Waals surface area (Å²) >= 11 is 0. The molecule has 0 aliphatic heterocycles. The molecule has 2 aliphatic rings. The minimum absolute atomic E-state index is 0.0821.